The largest absolute Gasteiger partial charge is 0.115 e. The summed E-state index contributed by atoms with van der Waals surface area (Å²) in [6.07, 6.45) is 9.59. The van der Waals surface area contributed by atoms with Crippen LogP contribution in [0, 0.1) is 12.3 Å². The first-order chi connectivity index (χ1) is 8.00. The first kappa shape index (κ1) is 13.4. The van der Waals surface area contributed by atoms with Crippen molar-refractivity contribution in [2.45, 2.75) is 26.1 Å². The molecule has 0 amide bonds. The third kappa shape index (κ3) is 3.39. The number of hydrogen-bond donors (Lipinski definition) is 0. The van der Waals surface area contributed by atoms with Crippen molar-refractivity contribution in [2.75, 3.05) is 0 Å². The molecule has 0 aromatic heterocycles. The molecule has 1 aromatic rings. The van der Waals surface area contributed by atoms with Crippen LogP contribution in [-0.4, -0.2) is 7.85 Å². The zero-order valence-electron chi connectivity index (χ0n) is 10.7. The van der Waals surface area contributed by atoms with Gasteiger partial charge in [-0.05, 0) is 23.4 Å². The fourth-order valence-corrected chi connectivity index (χ4v) is 1.71. The first-order valence-electron chi connectivity index (χ1n) is 5.69. The Morgan fingerprint density at radius 2 is 1.88 bits per heavy atom. The SMILES string of the molecule is [B]C(C)(C)C(/C=C\C)=C(/C#C)c1ccccc1. The summed E-state index contributed by atoms with van der Waals surface area (Å²) < 4.78 is 0. The van der Waals surface area contributed by atoms with E-state index >= 15 is 0 Å². The van der Waals surface area contributed by atoms with Crippen LogP contribution in [0.1, 0.15) is 26.3 Å². The van der Waals surface area contributed by atoms with Crippen molar-refractivity contribution in [1.82, 2.24) is 0 Å². The molecule has 0 aliphatic carbocycles. The average molecular weight is 220 g/mol. The fourth-order valence-electron chi connectivity index (χ4n) is 1.71. The Morgan fingerprint density at radius 1 is 1.29 bits per heavy atom. The Hall–Kier alpha value is -1.68. The van der Waals surface area contributed by atoms with E-state index < -0.39 is 5.31 Å². The monoisotopic (exact) mass is 220 g/mol. The molecule has 0 atom stereocenters. The predicted octanol–water partition coefficient (Wildman–Crippen LogP) is 4.02. The second kappa shape index (κ2) is 5.59. The van der Waals surface area contributed by atoms with Crippen molar-refractivity contribution in [3.05, 3.63) is 53.6 Å². The van der Waals surface area contributed by atoms with Gasteiger partial charge in [0.05, 0.1) is 7.85 Å². The number of allylic oxidation sites excluding steroid dienone is 4. The minimum Gasteiger partial charge on any atom is -0.115 e. The van der Waals surface area contributed by atoms with E-state index in [4.69, 9.17) is 14.3 Å². The Morgan fingerprint density at radius 3 is 2.29 bits per heavy atom. The van der Waals surface area contributed by atoms with E-state index in [1.807, 2.05) is 63.3 Å². The van der Waals surface area contributed by atoms with Crippen LogP contribution >= 0.6 is 0 Å². The molecule has 0 saturated heterocycles. The molecule has 0 fully saturated rings. The Labute approximate surface area is 106 Å². The summed E-state index contributed by atoms with van der Waals surface area (Å²) in [6.45, 7) is 5.89. The predicted molar refractivity (Wildman–Crippen MR) is 76.8 cm³/mol. The number of terminal acetylenes is 1. The lowest BCUT2D eigenvalue weighted by Crippen LogP contribution is -2.07. The lowest BCUT2D eigenvalue weighted by atomic mass is 9.65. The van der Waals surface area contributed by atoms with Gasteiger partial charge in [0, 0.05) is 5.57 Å². The van der Waals surface area contributed by atoms with E-state index in [1.165, 1.54) is 0 Å². The number of hydrogen-bond acceptors (Lipinski definition) is 0. The van der Waals surface area contributed by atoms with Crippen molar-refractivity contribution < 1.29 is 0 Å². The van der Waals surface area contributed by atoms with Crippen LogP contribution in [0.4, 0.5) is 0 Å². The highest BCUT2D eigenvalue weighted by atomic mass is 14.2. The van der Waals surface area contributed by atoms with Crippen molar-refractivity contribution in [2.24, 2.45) is 0 Å². The molecule has 1 aromatic carbocycles. The smallest absolute Gasteiger partial charge is 0.0803 e. The van der Waals surface area contributed by atoms with Crippen LogP contribution in [0.5, 0.6) is 0 Å². The highest BCUT2D eigenvalue weighted by molar-refractivity contribution is 6.18. The molecule has 0 bridgehead atoms. The van der Waals surface area contributed by atoms with Crippen LogP contribution < -0.4 is 0 Å². The fraction of sp³-hybridized carbons (Fsp3) is 0.250. The molecule has 2 radical (unpaired) electrons. The molecule has 0 aliphatic heterocycles. The third-order valence-electron chi connectivity index (χ3n) is 2.50. The molecule has 0 spiro atoms. The van der Waals surface area contributed by atoms with E-state index in [1.54, 1.807) is 0 Å². The van der Waals surface area contributed by atoms with E-state index in [0.717, 1.165) is 16.7 Å². The highest BCUT2D eigenvalue weighted by Crippen LogP contribution is 2.36. The molecule has 17 heavy (non-hydrogen) atoms. The summed E-state index contributed by atoms with van der Waals surface area (Å²) in [5.41, 5.74) is 2.87. The maximum atomic E-state index is 6.17. The first-order valence-corrected chi connectivity index (χ1v) is 5.69. The van der Waals surface area contributed by atoms with Gasteiger partial charge in [-0.3, -0.25) is 0 Å². The normalized spacial score (nSPS) is 13.3. The number of benzene rings is 1. The van der Waals surface area contributed by atoms with Gasteiger partial charge in [-0.25, -0.2) is 0 Å². The van der Waals surface area contributed by atoms with Gasteiger partial charge in [0.15, 0.2) is 0 Å². The zero-order valence-corrected chi connectivity index (χ0v) is 10.7. The van der Waals surface area contributed by atoms with Gasteiger partial charge in [-0.2, -0.15) is 0 Å². The lowest BCUT2D eigenvalue weighted by Gasteiger charge is -2.23. The molecule has 0 heterocycles. The van der Waals surface area contributed by atoms with E-state index in [2.05, 4.69) is 5.92 Å². The molecule has 0 nitrogen and oxygen atoms in total. The van der Waals surface area contributed by atoms with Crippen LogP contribution in [0.2, 0.25) is 5.31 Å². The summed E-state index contributed by atoms with van der Waals surface area (Å²) >= 11 is 0. The van der Waals surface area contributed by atoms with Gasteiger partial charge in [-0.15, -0.1) is 6.42 Å². The van der Waals surface area contributed by atoms with Crippen molar-refractivity contribution in [3.8, 4) is 12.3 Å². The van der Waals surface area contributed by atoms with Gasteiger partial charge >= 0.3 is 0 Å². The Bertz CT molecular complexity index is 464. The van der Waals surface area contributed by atoms with Crippen LogP contribution in [0.15, 0.2) is 48.1 Å². The highest BCUT2D eigenvalue weighted by Gasteiger charge is 2.18. The average Bonchev–Trinajstić information content (AvgIpc) is 2.29. The van der Waals surface area contributed by atoms with E-state index in [9.17, 15) is 0 Å². The third-order valence-corrected chi connectivity index (χ3v) is 2.50. The van der Waals surface area contributed by atoms with Crippen LogP contribution in [-0.2, 0) is 0 Å². The summed E-state index contributed by atoms with van der Waals surface area (Å²) in [5.74, 6) is 2.76. The molecule has 0 unspecified atom stereocenters. The number of rotatable bonds is 3. The molecule has 0 saturated carbocycles. The van der Waals surface area contributed by atoms with E-state index in [-0.39, 0.29) is 0 Å². The zero-order chi connectivity index (χ0) is 12.9. The van der Waals surface area contributed by atoms with Gasteiger partial charge in [0.25, 0.3) is 0 Å². The Kier molecular flexibility index (Phi) is 4.41. The lowest BCUT2D eigenvalue weighted by molar-refractivity contribution is 0.824. The maximum absolute atomic E-state index is 6.17. The quantitative estimate of drug-likeness (QED) is 0.410. The molecular weight excluding hydrogens is 203 g/mol. The molecule has 84 valence electrons. The van der Waals surface area contributed by atoms with Gasteiger partial charge in [0.1, 0.15) is 0 Å². The molecule has 0 N–H and O–H groups in total. The summed E-state index contributed by atoms with van der Waals surface area (Å²) in [6, 6.07) is 9.93. The summed E-state index contributed by atoms with van der Waals surface area (Å²) in [7, 11) is 6.17. The molecular formula is C16H17B. The van der Waals surface area contributed by atoms with Crippen LogP contribution in [0.25, 0.3) is 5.57 Å². The van der Waals surface area contributed by atoms with Crippen LogP contribution in [0.3, 0.4) is 0 Å². The standard InChI is InChI=1S/C16H17B/c1-5-10-15(16(3,4)17)14(6-2)13-11-8-7-9-12-13/h2,5,7-12H,1,3-4H3/b10-5-,15-14-. The topological polar surface area (TPSA) is 0 Å². The van der Waals surface area contributed by atoms with Gasteiger partial charge in [-0.1, -0.05) is 62.3 Å². The minimum atomic E-state index is -0.454. The minimum absolute atomic E-state index is 0.454. The Balaban J connectivity index is 3.45. The molecule has 1 heteroatoms. The maximum Gasteiger partial charge on any atom is 0.0803 e. The van der Waals surface area contributed by atoms with E-state index in [0.29, 0.717) is 0 Å². The molecule has 1 rings (SSSR count). The summed E-state index contributed by atoms with van der Waals surface area (Å²) in [5, 5.41) is -0.454. The second-order valence-corrected chi connectivity index (χ2v) is 4.52. The summed E-state index contributed by atoms with van der Waals surface area (Å²) in [4.78, 5) is 0. The molecule has 0 aliphatic rings. The van der Waals surface area contributed by atoms with Crippen molar-refractivity contribution in [1.29, 1.82) is 0 Å². The van der Waals surface area contributed by atoms with Gasteiger partial charge in [0.2, 0.25) is 0 Å². The van der Waals surface area contributed by atoms with Crippen molar-refractivity contribution in [3.63, 3.8) is 0 Å². The second-order valence-electron chi connectivity index (χ2n) is 4.52. The van der Waals surface area contributed by atoms with Crippen molar-refractivity contribution >= 4 is 13.4 Å². The van der Waals surface area contributed by atoms with Gasteiger partial charge < -0.3 is 0 Å².